The maximum absolute atomic E-state index is 11.7. The third kappa shape index (κ3) is 2.84. The Morgan fingerprint density at radius 2 is 2.36 bits per heavy atom. The smallest absolute Gasteiger partial charge is 0.343 e. The molecule has 0 aromatic carbocycles. The van der Waals surface area contributed by atoms with Crippen molar-refractivity contribution in [1.29, 1.82) is 0 Å². The number of furan rings is 1. The van der Waals surface area contributed by atoms with Crippen molar-refractivity contribution in [2.75, 3.05) is 0 Å². The first-order valence-electron chi connectivity index (χ1n) is 6.88. The van der Waals surface area contributed by atoms with Crippen LogP contribution in [0.3, 0.4) is 0 Å². The molecule has 3 rings (SSSR count). The minimum Gasteiger partial charge on any atom is -0.461 e. The number of hydrogen-bond acceptors (Lipinski definition) is 7. The molecule has 0 unspecified atom stereocenters. The van der Waals surface area contributed by atoms with Gasteiger partial charge in [0.1, 0.15) is 0 Å². The molecule has 3 aromatic heterocycles. The first-order chi connectivity index (χ1) is 10.7. The van der Waals surface area contributed by atoms with Crippen LogP contribution in [0.1, 0.15) is 31.4 Å². The Morgan fingerprint density at radius 1 is 1.50 bits per heavy atom. The maximum Gasteiger partial charge on any atom is 0.343 e. The molecule has 1 atom stereocenters. The van der Waals surface area contributed by atoms with Crippen LogP contribution in [0.15, 0.2) is 37.3 Å². The van der Waals surface area contributed by atoms with Gasteiger partial charge in [0.2, 0.25) is 11.7 Å². The van der Waals surface area contributed by atoms with Gasteiger partial charge in [-0.25, -0.2) is 9.89 Å². The van der Waals surface area contributed by atoms with Gasteiger partial charge in [0, 0.05) is 6.54 Å². The fourth-order valence-corrected chi connectivity index (χ4v) is 2.84. The second-order valence-corrected chi connectivity index (χ2v) is 5.96. The largest absolute Gasteiger partial charge is 0.461 e. The summed E-state index contributed by atoms with van der Waals surface area (Å²) < 4.78 is 12.1. The van der Waals surface area contributed by atoms with Crippen LogP contribution in [0, 0.1) is 0 Å². The van der Waals surface area contributed by atoms with E-state index in [1.807, 2.05) is 13.8 Å². The van der Waals surface area contributed by atoms with Crippen LogP contribution in [0.25, 0.3) is 11.6 Å². The van der Waals surface area contributed by atoms with Gasteiger partial charge in [-0.15, -0.1) is 5.10 Å². The molecule has 0 radical (unpaired) electrons. The van der Waals surface area contributed by atoms with Crippen molar-refractivity contribution >= 4 is 11.8 Å². The maximum atomic E-state index is 11.7. The lowest BCUT2D eigenvalue weighted by Gasteiger charge is -2.06. The minimum atomic E-state index is -0.210. The summed E-state index contributed by atoms with van der Waals surface area (Å²) in [5, 5.41) is 10.9. The Morgan fingerprint density at radius 3 is 3.09 bits per heavy atom. The summed E-state index contributed by atoms with van der Waals surface area (Å²) in [6, 6.07) is 3.52. The molecule has 3 heterocycles. The van der Waals surface area contributed by atoms with Crippen molar-refractivity contribution in [3.05, 3.63) is 34.8 Å². The molecule has 0 spiro atoms. The minimum absolute atomic E-state index is 0.137. The van der Waals surface area contributed by atoms with Crippen molar-refractivity contribution in [2.24, 2.45) is 0 Å². The van der Waals surface area contributed by atoms with Gasteiger partial charge in [-0.2, -0.15) is 4.98 Å². The van der Waals surface area contributed by atoms with E-state index in [0.29, 0.717) is 29.2 Å². The van der Waals surface area contributed by atoms with Crippen LogP contribution >= 0.6 is 11.8 Å². The number of nitrogens with zero attached hydrogens (tertiary/aromatic N) is 4. The monoisotopic (exact) mass is 321 g/mol. The molecule has 0 aliphatic carbocycles. The first kappa shape index (κ1) is 14.6. The highest BCUT2D eigenvalue weighted by atomic mass is 32.2. The number of rotatable bonds is 6. The summed E-state index contributed by atoms with van der Waals surface area (Å²) in [4.78, 5) is 16.0. The lowest BCUT2D eigenvalue weighted by molar-refractivity contribution is 0.379. The average Bonchev–Trinajstić information content (AvgIpc) is 3.22. The third-order valence-electron chi connectivity index (χ3n) is 2.98. The van der Waals surface area contributed by atoms with E-state index >= 15 is 0 Å². The highest BCUT2D eigenvalue weighted by Crippen LogP contribution is 2.33. The van der Waals surface area contributed by atoms with Crippen LogP contribution < -0.4 is 5.69 Å². The second-order valence-electron chi connectivity index (χ2n) is 4.66. The molecule has 3 aromatic rings. The highest BCUT2D eigenvalue weighted by molar-refractivity contribution is 7.99. The Balaban J connectivity index is 1.78. The van der Waals surface area contributed by atoms with Crippen molar-refractivity contribution in [3.8, 4) is 11.6 Å². The van der Waals surface area contributed by atoms with Gasteiger partial charge in [0.25, 0.3) is 0 Å². The van der Waals surface area contributed by atoms with Crippen LogP contribution in [0.2, 0.25) is 0 Å². The Hall–Kier alpha value is -2.29. The van der Waals surface area contributed by atoms with Gasteiger partial charge in [0.15, 0.2) is 10.9 Å². The van der Waals surface area contributed by atoms with E-state index in [1.54, 1.807) is 23.0 Å². The van der Waals surface area contributed by atoms with Crippen molar-refractivity contribution in [2.45, 2.75) is 37.2 Å². The van der Waals surface area contributed by atoms with Gasteiger partial charge in [0.05, 0.1) is 11.5 Å². The normalized spacial score (nSPS) is 12.6. The molecular formula is C13H15N5O3S. The third-order valence-corrected chi connectivity index (χ3v) is 4.06. The molecule has 22 heavy (non-hydrogen) atoms. The van der Waals surface area contributed by atoms with Crippen molar-refractivity contribution in [3.63, 3.8) is 0 Å². The highest BCUT2D eigenvalue weighted by Gasteiger charge is 2.20. The summed E-state index contributed by atoms with van der Waals surface area (Å²) in [5.41, 5.74) is -0.210. The Bertz CT molecular complexity index is 789. The zero-order valence-electron chi connectivity index (χ0n) is 12.1. The SMILES string of the molecule is CCCn1c(S[C@@H](C)c2nc(-c3ccco3)no2)n[nH]c1=O. The Kier molecular flexibility index (Phi) is 4.14. The lowest BCUT2D eigenvalue weighted by Crippen LogP contribution is -2.17. The molecule has 116 valence electrons. The quantitative estimate of drug-likeness (QED) is 0.696. The number of aromatic nitrogens is 5. The average molecular weight is 321 g/mol. The second kappa shape index (κ2) is 6.22. The fourth-order valence-electron chi connectivity index (χ4n) is 1.93. The van der Waals surface area contributed by atoms with Gasteiger partial charge < -0.3 is 8.94 Å². The topological polar surface area (TPSA) is 103 Å². The molecule has 0 saturated heterocycles. The summed E-state index contributed by atoms with van der Waals surface area (Å²) in [6.07, 6.45) is 2.40. The summed E-state index contributed by atoms with van der Waals surface area (Å²) in [6.45, 7) is 4.54. The molecule has 8 nitrogen and oxygen atoms in total. The van der Waals surface area contributed by atoms with Gasteiger partial charge >= 0.3 is 5.69 Å². The molecular weight excluding hydrogens is 306 g/mol. The molecule has 0 aliphatic rings. The number of thioether (sulfide) groups is 1. The zero-order valence-corrected chi connectivity index (χ0v) is 13.0. The molecule has 0 aliphatic heterocycles. The standard InChI is InChI=1S/C13H15N5O3S/c1-3-6-18-12(19)15-16-13(18)22-8(2)11-14-10(17-21-11)9-5-4-7-20-9/h4-5,7-8H,3,6H2,1-2H3,(H,15,19)/t8-/m0/s1. The van der Waals surface area contributed by atoms with Gasteiger partial charge in [-0.3, -0.25) is 4.57 Å². The predicted molar refractivity (Wildman–Crippen MR) is 79.4 cm³/mol. The number of H-pyrrole nitrogens is 1. The predicted octanol–water partition coefficient (Wildman–Crippen LogP) is 2.48. The van der Waals surface area contributed by atoms with E-state index in [4.69, 9.17) is 8.94 Å². The molecule has 0 amide bonds. The molecule has 0 fully saturated rings. The number of aromatic amines is 1. The Labute approximate surface area is 129 Å². The molecule has 9 heteroatoms. The zero-order chi connectivity index (χ0) is 15.5. The van der Waals surface area contributed by atoms with Crippen LogP contribution in [-0.2, 0) is 6.54 Å². The molecule has 0 bridgehead atoms. The molecule has 1 N–H and O–H groups in total. The van der Waals surface area contributed by atoms with E-state index in [0.717, 1.165) is 6.42 Å². The van der Waals surface area contributed by atoms with Gasteiger partial charge in [-0.1, -0.05) is 23.8 Å². The van der Waals surface area contributed by atoms with Crippen LogP contribution in [0.5, 0.6) is 0 Å². The van der Waals surface area contributed by atoms with E-state index in [2.05, 4.69) is 20.3 Å². The summed E-state index contributed by atoms with van der Waals surface area (Å²) in [5.74, 6) is 1.41. The lowest BCUT2D eigenvalue weighted by atomic mass is 10.4. The van der Waals surface area contributed by atoms with Crippen LogP contribution in [0.4, 0.5) is 0 Å². The van der Waals surface area contributed by atoms with Crippen LogP contribution in [-0.4, -0.2) is 24.9 Å². The van der Waals surface area contributed by atoms with E-state index in [9.17, 15) is 4.79 Å². The summed E-state index contributed by atoms with van der Waals surface area (Å²) >= 11 is 1.39. The van der Waals surface area contributed by atoms with Gasteiger partial charge in [-0.05, 0) is 25.5 Å². The van der Waals surface area contributed by atoms with Crippen molar-refractivity contribution < 1.29 is 8.94 Å². The van der Waals surface area contributed by atoms with E-state index < -0.39 is 0 Å². The van der Waals surface area contributed by atoms with E-state index in [1.165, 1.54) is 11.8 Å². The van der Waals surface area contributed by atoms with Crippen molar-refractivity contribution in [1.82, 2.24) is 24.9 Å². The fraction of sp³-hybridized carbons (Fsp3) is 0.385. The number of nitrogens with one attached hydrogen (secondary N) is 1. The summed E-state index contributed by atoms with van der Waals surface area (Å²) in [7, 11) is 0. The molecule has 0 saturated carbocycles. The first-order valence-corrected chi connectivity index (χ1v) is 7.76. The van der Waals surface area contributed by atoms with E-state index in [-0.39, 0.29) is 10.9 Å². The number of hydrogen-bond donors (Lipinski definition) is 1.